The zero-order valence-electron chi connectivity index (χ0n) is 11.2. The first kappa shape index (κ1) is 13.8. The predicted octanol–water partition coefficient (Wildman–Crippen LogP) is 3.41. The Balaban J connectivity index is 1.99. The average Bonchev–Trinajstić information content (AvgIpc) is 2.47. The highest BCUT2D eigenvalue weighted by atomic mass is 16.3. The molecule has 0 amide bonds. The van der Waals surface area contributed by atoms with Gasteiger partial charge in [0.05, 0.1) is 11.7 Å². The molecule has 1 unspecified atom stereocenters. The van der Waals surface area contributed by atoms with Crippen molar-refractivity contribution in [2.75, 3.05) is 0 Å². The van der Waals surface area contributed by atoms with Gasteiger partial charge in [0.1, 0.15) is 0 Å². The molecule has 0 saturated carbocycles. The van der Waals surface area contributed by atoms with Crippen LogP contribution in [0.2, 0.25) is 0 Å². The lowest BCUT2D eigenvalue weighted by Gasteiger charge is -2.25. The van der Waals surface area contributed by atoms with Crippen LogP contribution in [0.15, 0.2) is 60.7 Å². The first-order valence-electron chi connectivity index (χ1n) is 6.60. The number of aliphatic hydroxyl groups is 2. The number of rotatable bonds is 5. The zero-order chi connectivity index (χ0) is 13.7. The van der Waals surface area contributed by atoms with Crippen molar-refractivity contribution in [1.29, 1.82) is 0 Å². The Bertz CT molecular complexity index is 491. The van der Waals surface area contributed by atoms with Gasteiger partial charge in [-0.2, -0.15) is 0 Å². The van der Waals surface area contributed by atoms with Crippen LogP contribution >= 0.6 is 0 Å². The molecule has 2 rings (SSSR count). The van der Waals surface area contributed by atoms with Crippen molar-refractivity contribution in [2.45, 2.75) is 31.5 Å². The number of benzene rings is 2. The summed E-state index contributed by atoms with van der Waals surface area (Å²) in [5, 5.41) is 20.6. The van der Waals surface area contributed by atoms with Gasteiger partial charge in [0, 0.05) is 0 Å². The molecule has 2 aromatic carbocycles. The van der Waals surface area contributed by atoms with E-state index in [0.29, 0.717) is 12.8 Å². The molecule has 0 fully saturated rings. The molecule has 0 aliphatic rings. The highest BCUT2D eigenvalue weighted by Gasteiger charge is 2.24. The molecule has 0 saturated heterocycles. The third-order valence-electron chi connectivity index (χ3n) is 3.48. The SMILES string of the molecule is CC(O)(CC[C@H](O)c1ccccc1)c1ccccc1. The Hall–Kier alpha value is -1.64. The third-order valence-corrected chi connectivity index (χ3v) is 3.48. The van der Waals surface area contributed by atoms with Crippen molar-refractivity contribution in [2.24, 2.45) is 0 Å². The molecule has 0 aliphatic heterocycles. The molecule has 19 heavy (non-hydrogen) atoms. The minimum absolute atomic E-state index is 0.521. The molecular weight excluding hydrogens is 236 g/mol. The number of aliphatic hydroxyl groups excluding tert-OH is 1. The molecule has 0 aromatic heterocycles. The standard InChI is InChI=1S/C17H20O2/c1-17(19,15-10-6-3-7-11-15)13-12-16(18)14-8-4-2-5-9-14/h2-11,16,18-19H,12-13H2,1H3/t16-,17?/m0/s1. The molecule has 2 nitrogen and oxygen atoms in total. The lowest BCUT2D eigenvalue weighted by atomic mass is 9.89. The number of hydrogen-bond acceptors (Lipinski definition) is 2. The Morgan fingerprint density at radius 2 is 1.47 bits per heavy atom. The van der Waals surface area contributed by atoms with Gasteiger partial charge >= 0.3 is 0 Å². The smallest absolute Gasteiger partial charge is 0.0869 e. The first-order chi connectivity index (χ1) is 9.09. The summed E-state index contributed by atoms with van der Waals surface area (Å²) >= 11 is 0. The van der Waals surface area contributed by atoms with Gasteiger partial charge in [0.15, 0.2) is 0 Å². The van der Waals surface area contributed by atoms with Gasteiger partial charge in [-0.15, -0.1) is 0 Å². The van der Waals surface area contributed by atoms with Crippen LogP contribution in [0.4, 0.5) is 0 Å². The summed E-state index contributed by atoms with van der Waals surface area (Å²) in [5.41, 5.74) is 0.874. The van der Waals surface area contributed by atoms with Crippen LogP contribution in [0.3, 0.4) is 0 Å². The normalized spacial score (nSPS) is 15.7. The van der Waals surface area contributed by atoms with E-state index in [9.17, 15) is 10.2 Å². The van der Waals surface area contributed by atoms with Gasteiger partial charge in [-0.25, -0.2) is 0 Å². The second-order valence-electron chi connectivity index (χ2n) is 5.11. The molecule has 0 radical (unpaired) electrons. The van der Waals surface area contributed by atoms with Crippen molar-refractivity contribution in [1.82, 2.24) is 0 Å². The second-order valence-corrected chi connectivity index (χ2v) is 5.11. The maximum atomic E-state index is 10.5. The highest BCUT2D eigenvalue weighted by Crippen LogP contribution is 2.29. The molecule has 2 N–H and O–H groups in total. The topological polar surface area (TPSA) is 40.5 Å². The summed E-state index contributed by atoms with van der Waals surface area (Å²) < 4.78 is 0. The molecule has 2 heteroatoms. The van der Waals surface area contributed by atoms with Gasteiger partial charge in [0.25, 0.3) is 0 Å². The van der Waals surface area contributed by atoms with Gasteiger partial charge < -0.3 is 10.2 Å². The fraction of sp³-hybridized carbons (Fsp3) is 0.294. The molecule has 2 atom stereocenters. The van der Waals surface area contributed by atoms with E-state index in [1.54, 1.807) is 6.92 Å². The maximum absolute atomic E-state index is 10.5. The Morgan fingerprint density at radius 1 is 0.947 bits per heavy atom. The Kier molecular flexibility index (Phi) is 4.35. The molecule has 0 heterocycles. The third kappa shape index (κ3) is 3.66. The summed E-state index contributed by atoms with van der Waals surface area (Å²) in [6.07, 6.45) is 0.523. The first-order valence-corrected chi connectivity index (χ1v) is 6.60. The minimum atomic E-state index is -0.906. The fourth-order valence-corrected chi connectivity index (χ4v) is 2.20. The minimum Gasteiger partial charge on any atom is -0.388 e. The van der Waals surface area contributed by atoms with Crippen molar-refractivity contribution < 1.29 is 10.2 Å². The number of hydrogen-bond donors (Lipinski definition) is 2. The molecular formula is C17H20O2. The summed E-state index contributed by atoms with van der Waals surface area (Å²) in [5.74, 6) is 0. The van der Waals surface area contributed by atoms with Gasteiger partial charge in [0.2, 0.25) is 0 Å². The van der Waals surface area contributed by atoms with Crippen molar-refractivity contribution in [3.8, 4) is 0 Å². The molecule has 2 aromatic rings. The molecule has 0 aliphatic carbocycles. The Morgan fingerprint density at radius 3 is 2.05 bits per heavy atom. The van der Waals surface area contributed by atoms with Crippen LogP contribution in [0, 0.1) is 0 Å². The molecule has 0 spiro atoms. The van der Waals surface area contributed by atoms with Crippen molar-refractivity contribution in [3.05, 3.63) is 71.8 Å². The van der Waals surface area contributed by atoms with Crippen LogP contribution in [0.1, 0.15) is 37.0 Å². The van der Waals surface area contributed by atoms with E-state index in [4.69, 9.17) is 0 Å². The van der Waals surface area contributed by atoms with Gasteiger partial charge in [-0.05, 0) is 30.9 Å². The predicted molar refractivity (Wildman–Crippen MR) is 76.6 cm³/mol. The lowest BCUT2D eigenvalue weighted by molar-refractivity contribution is 0.0285. The quantitative estimate of drug-likeness (QED) is 0.860. The van der Waals surface area contributed by atoms with E-state index in [-0.39, 0.29) is 0 Å². The van der Waals surface area contributed by atoms with E-state index in [1.165, 1.54) is 0 Å². The van der Waals surface area contributed by atoms with E-state index >= 15 is 0 Å². The largest absolute Gasteiger partial charge is 0.388 e. The lowest BCUT2D eigenvalue weighted by Crippen LogP contribution is -2.21. The van der Waals surface area contributed by atoms with E-state index in [2.05, 4.69) is 0 Å². The van der Waals surface area contributed by atoms with Gasteiger partial charge in [-0.1, -0.05) is 60.7 Å². The van der Waals surface area contributed by atoms with Crippen LogP contribution in [-0.2, 0) is 5.60 Å². The average molecular weight is 256 g/mol. The molecule has 0 bridgehead atoms. The Labute approximate surface area is 114 Å². The molecule has 100 valence electrons. The summed E-state index contributed by atoms with van der Waals surface area (Å²) in [6.45, 7) is 1.79. The monoisotopic (exact) mass is 256 g/mol. The van der Waals surface area contributed by atoms with E-state index < -0.39 is 11.7 Å². The summed E-state index contributed by atoms with van der Waals surface area (Å²) in [4.78, 5) is 0. The summed E-state index contributed by atoms with van der Waals surface area (Å²) in [6, 6.07) is 19.1. The fourth-order valence-electron chi connectivity index (χ4n) is 2.20. The van der Waals surface area contributed by atoms with Crippen LogP contribution in [-0.4, -0.2) is 10.2 Å². The van der Waals surface area contributed by atoms with Crippen LogP contribution in [0.5, 0.6) is 0 Å². The zero-order valence-corrected chi connectivity index (χ0v) is 11.2. The van der Waals surface area contributed by atoms with Crippen LogP contribution in [0.25, 0.3) is 0 Å². The van der Waals surface area contributed by atoms with Crippen LogP contribution < -0.4 is 0 Å². The van der Waals surface area contributed by atoms with Crippen molar-refractivity contribution >= 4 is 0 Å². The second kappa shape index (κ2) is 6.00. The maximum Gasteiger partial charge on any atom is 0.0869 e. The van der Waals surface area contributed by atoms with E-state index in [1.807, 2.05) is 60.7 Å². The van der Waals surface area contributed by atoms with E-state index in [0.717, 1.165) is 11.1 Å². The highest BCUT2D eigenvalue weighted by molar-refractivity contribution is 5.22. The van der Waals surface area contributed by atoms with Gasteiger partial charge in [-0.3, -0.25) is 0 Å². The summed E-state index contributed by atoms with van der Waals surface area (Å²) in [7, 11) is 0. The van der Waals surface area contributed by atoms with Crippen molar-refractivity contribution in [3.63, 3.8) is 0 Å².